The maximum Gasteiger partial charge on any atom is 0.303 e. The van der Waals surface area contributed by atoms with Crippen molar-refractivity contribution in [1.82, 2.24) is 0 Å². The Morgan fingerprint density at radius 3 is 2.34 bits per heavy atom. The van der Waals surface area contributed by atoms with Crippen LogP contribution in [0.2, 0.25) is 0 Å². The molecule has 0 saturated heterocycles. The molecule has 1 atom stereocenters. The monoisotopic (exact) mass is 512 g/mol. The van der Waals surface area contributed by atoms with Crippen molar-refractivity contribution < 1.29 is 19.4 Å². The lowest BCUT2D eigenvalue weighted by Crippen LogP contribution is -2.22. The average molecular weight is 513 g/mol. The maximum absolute atomic E-state index is 11.5. The summed E-state index contributed by atoms with van der Waals surface area (Å²) in [4.78, 5) is 11.5. The Morgan fingerprint density at radius 2 is 1.63 bits per heavy atom. The van der Waals surface area contributed by atoms with Crippen LogP contribution in [0.3, 0.4) is 0 Å². The van der Waals surface area contributed by atoms with Crippen LogP contribution in [0.5, 0.6) is 11.5 Å². The van der Waals surface area contributed by atoms with Gasteiger partial charge in [0.2, 0.25) is 0 Å². The van der Waals surface area contributed by atoms with E-state index in [1.807, 2.05) is 18.2 Å². The van der Waals surface area contributed by atoms with Crippen molar-refractivity contribution in [3.8, 4) is 22.6 Å². The van der Waals surface area contributed by atoms with Gasteiger partial charge in [-0.2, -0.15) is 0 Å². The number of hydrogen-bond donors (Lipinski definition) is 1. The summed E-state index contributed by atoms with van der Waals surface area (Å²) in [5.74, 6) is 2.05. The second-order valence-corrected chi connectivity index (χ2v) is 11.1. The van der Waals surface area contributed by atoms with Crippen LogP contribution in [-0.2, 0) is 11.4 Å². The highest BCUT2D eigenvalue weighted by atomic mass is 16.5. The second-order valence-electron chi connectivity index (χ2n) is 11.1. The molecule has 0 unspecified atom stereocenters. The molecule has 5 rings (SSSR count). The Labute approximate surface area is 227 Å². The molecule has 2 aliphatic rings. The van der Waals surface area contributed by atoms with Gasteiger partial charge in [0.15, 0.2) is 0 Å². The highest BCUT2D eigenvalue weighted by Gasteiger charge is 2.30. The van der Waals surface area contributed by atoms with E-state index in [0.717, 1.165) is 29.9 Å². The minimum atomic E-state index is -0.726. The molecule has 0 amide bonds. The minimum Gasteiger partial charge on any atom is -0.497 e. The molecule has 4 nitrogen and oxygen atoms in total. The van der Waals surface area contributed by atoms with Crippen molar-refractivity contribution in [3.63, 3.8) is 0 Å². The number of benzene rings is 3. The summed E-state index contributed by atoms with van der Waals surface area (Å²) in [7, 11) is 1.72. The third kappa shape index (κ3) is 6.40. The van der Waals surface area contributed by atoms with Crippen molar-refractivity contribution in [2.24, 2.45) is 5.92 Å². The number of carbonyl (C=O) groups is 1. The van der Waals surface area contributed by atoms with E-state index in [1.165, 1.54) is 67.2 Å². The predicted molar refractivity (Wildman–Crippen MR) is 152 cm³/mol. The first-order valence-corrected chi connectivity index (χ1v) is 14.3. The van der Waals surface area contributed by atoms with Gasteiger partial charge in [0.1, 0.15) is 18.1 Å². The van der Waals surface area contributed by atoms with Gasteiger partial charge in [0.25, 0.3) is 0 Å². The number of rotatable bonds is 10. The third-order valence-corrected chi connectivity index (χ3v) is 8.60. The van der Waals surface area contributed by atoms with Crippen molar-refractivity contribution in [2.75, 3.05) is 7.11 Å². The van der Waals surface area contributed by atoms with Crippen molar-refractivity contribution in [2.45, 2.75) is 82.7 Å². The van der Waals surface area contributed by atoms with E-state index in [0.29, 0.717) is 18.4 Å². The standard InChI is InChI=1S/C34H40O4/c1-37-29-15-7-13-27(20-29)31-18-17-24(19-33(31)26-9-4-2-3-5-10-26)23-38-30-16-8-14-28(21-30)32(22-34(35)36)25-11-6-12-25/h7-8,13-21,25-26,32H,2-6,9-12,22-23H2,1H3,(H,35,36)/t32-/m1/s1. The molecule has 2 fully saturated rings. The lowest BCUT2D eigenvalue weighted by Gasteiger charge is -2.33. The van der Waals surface area contributed by atoms with Crippen LogP contribution in [0, 0.1) is 5.92 Å². The number of ether oxygens (including phenoxy) is 2. The van der Waals surface area contributed by atoms with Gasteiger partial charge in [0, 0.05) is 0 Å². The van der Waals surface area contributed by atoms with E-state index in [4.69, 9.17) is 9.47 Å². The predicted octanol–water partition coefficient (Wildman–Crippen LogP) is 8.74. The van der Waals surface area contributed by atoms with Crippen molar-refractivity contribution >= 4 is 5.97 Å². The number of methoxy groups -OCH3 is 1. The first-order chi connectivity index (χ1) is 18.6. The van der Waals surface area contributed by atoms with Gasteiger partial charge in [-0.05, 0) is 95.5 Å². The zero-order chi connectivity index (χ0) is 26.3. The molecule has 3 aromatic carbocycles. The molecule has 0 bridgehead atoms. The van der Waals surface area contributed by atoms with Crippen LogP contribution < -0.4 is 9.47 Å². The molecular formula is C34H40O4. The van der Waals surface area contributed by atoms with E-state index in [1.54, 1.807) is 7.11 Å². The second kappa shape index (κ2) is 12.5. The summed E-state index contributed by atoms with van der Waals surface area (Å²) >= 11 is 0. The number of carboxylic acid groups (broad SMARTS) is 1. The topological polar surface area (TPSA) is 55.8 Å². The first-order valence-electron chi connectivity index (χ1n) is 14.3. The van der Waals surface area contributed by atoms with E-state index >= 15 is 0 Å². The molecule has 0 aliphatic heterocycles. The summed E-state index contributed by atoms with van der Waals surface area (Å²) in [6.07, 6.45) is 11.3. The van der Waals surface area contributed by atoms with Gasteiger partial charge >= 0.3 is 5.97 Å². The zero-order valence-corrected chi connectivity index (χ0v) is 22.5. The summed E-state index contributed by atoms with van der Waals surface area (Å²) in [5.41, 5.74) is 6.16. The zero-order valence-electron chi connectivity index (χ0n) is 22.5. The molecular weight excluding hydrogens is 472 g/mol. The van der Waals surface area contributed by atoms with E-state index in [-0.39, 0.29) is 12.3 Å². The first kappa shape index (κ1) is 26.3. The normalized spacial score (nSPS) is 17.3. The van der Waals surface area contributed by atoms with Crippen LogP contribution in [-0.4, -0.2) is 18.2 Å². The van der Waals surface area contributed by atoms with Crippen LogP contribution in [0.4, 0.5) is 0 Å². The Bertz CT molecular complexity index is 1220. The number of carboxylic acids is 1. The average Bonchev–Trinajstić information content (AvgIpc) is 3.20. The molecule has 2 saturated carbocycles. The largest absolute Gasteiger partial charge is 0.497 e. The van der Waals surface area contributed by atoms with Gasteiger partial charge in [-0.1, -0.05) is 74.6 Å². The van der Waals surface area contributed by atoms with Crippen LogP contribution >= 0.6 is 0 Å². The number of hydrogen-bond acceptors (Lipinski definition) is 3. The van der Waals surface area contributed by atoms with Crippen LogP contribution in [0.15, 0.2) is 66.7 Å². The summed E-state index contributed by atoms with van der Waals surface area (Å²) in [6, 6.07) is 23.3. The van der Waals surface area contributed by atoms with E-state index in [9.17, 15) is 9.90 Å². The minimum absolute atomic E-state index is 0.0637. The Morgan fingerprint density at radius 1 is 0.868 bits per heavy atom. The molecule has 0 aromatic heterocycles. The molecule has 38 heavy (non-hydrogen) atoms. The molecule has 0 heterocycles. The SMILES string of the molecule is COc1cccc(-c2ccc(COc3cccc([C@H](CC(=O)O)C4CCC4)c3)cc2C2CCCCCC2)c1. The highest BCUT2D eigenvalue weighted by molar-refractivity contribution is 5.70. The lowest BCUT2D eigenvalue weighted by atomic mass is 9.72. The Hall–Kier alpha value is -3.27. The Kier molecular flexibility index (Phi) is 8.68. The van der Waals surface area contributed by atoms with Crippen LogP contribution in [0.1, 0.15) is 92.7 Å². The van der Waals surface area contributed by atoms with E-state index < -0.39 is 5.97 Å². The summed E-state index contributed by atoms with van der Waals surface area (Å²) in [5, 5.41) is 9.48. The fraction of sp³-hybridized carbons (Fsp3) is 0.441. The smallest absolute Gasteiger partial charge is 0.303 e. The molecule has 3 aromatic rings. The van der Waals surface area contributed by atoms with Gasteiger partial charge in [0.05, 0.1) is 13.5 Å². The van der Waals surface area contributed by atoms with Gasteiger partial charge in [-0.15, -0.1) is 0 Å². The number of aliphatic carboxylic acids is 1. The van der Waals surface area contributed by atoms with Crippen molar-refractivity contribution in [3.05, 3.63) is 83.4 Å². The van der Waals surface area contributed by atoms with Crippen molar-refractivity contribution in [1.29, 1.82) is 0 Å². The van der Waals surface area contributed by atoms with Gasteiger partial charge < -0.3 is 14.6 Å². The molecule has 1 N–H and O–H groups in total. The molecule has 200 valence electrons. The van der Waals surface area contributed by atoms with Gasteiger partial charge in [-0.25, -0.2) is 0 Å². The van der Waals surface area contributed by atoms with Gasteiger partial charge in [-0.3, -0.25) is 4.79 Å². The molecule has 2 aliphatic carbocycles. The third-order valence-electron chi connectivity index (χ3n) is 8.60. The maximum atomic E-state index is 11.5. The van der Waals surface area contributed by atoms with Crippen LogP contribution in [0.25, 0.3) is 11.1 Å². The molecule has 0 spiro atoms. The fourth-order valence-corrected chi connectivity index (χ4v) is 6.27. The quantitative estimate of drug-likeness (QED) is 0.276. The summed E-state index contributed by atoms with van der Waals surface area (Å²) < 4.78 is 11.8. The lowest BCUT2D eigenvalue weighted by molar-refractivity contribution is -0.138. The Balaban J connectivity index is 1.38. The molecule has 4 heteroatoms. The summed E-state index contributed by atoms with van der Waals surface area (Å²) in [6.45, 7) is 0.495. The molecule has 0 radical (unpaired) electrons. The van der Waals surface area contributed by atoms with E-state index in [2.05, 4.69) is 48.5 Å². The highest BCUT2D eigenvalue weighted by Crippen LogP contribution is 2.42. The fourth-order valence-electron chi connectivity index (χ4n) is 6.27.